The zero-order valence-electron chi connectivity index (χ0n) is 11.6. The van der Waals surface area contributed by atoms with Crippen molar-refractivity contribution in [2.75, 3.05) is 0 Å². The van der Waals surface area contributed by atoms with Crippen molar-refractivity contribution in [2.45, 2.75) is 13.8 Å². The minimum absolute atomic E-state index is 0. The number of H-pyrrole nitrogens is 1. The fourth-order valence-corrected chi connectivity index (χ4v) is 2.56. The highest BCUT2D eigenvalue weighted by Crippen LogP contribution is 2.27. The first-order chi connectivity index (χ1) is 9.56. The van der Waals surface area contributed by atoms with Crippen molar-refractivity contribution < 1.29 is 4.79 Å². The maximum absolute atomic E-state index is 11.2. The Balaban J connectivity index is 0.00000161. The van der Waals surface area contributed by atoms with Crippen LogP contribution in [-0.2, 0) is 0 Å². The molecule has 108 valence electrons. The third-order valence-corrected chi connectivity index (χ3v) is 3.64. The van der Waals surface area contributed by atoms with Gasteiger partial charge in [0.1, 0.15) is 5.82 Å². The number of aromatic nitrogens is 2. The third-order valence-electron chi connectivity index (χ3n) is 3.43. The molecule has 0 aliphatic heterocycles. The second kappa shape index (κ2) is 5.88. The lowest BCUT2D eigenvalue weighted by molar-refractivity contribution is 0.108. The number of nitrogens with zero attached hydrogens (tertiary/aromatic N) is 1. The molecular weight excluding hydrogens is 307 g/mol. The van der Waals surface area contributed by atoms with E-state index in [-0.39, 0.29) is 12.4 Å². The number of nitrogens with one attached hydrogen (secondary N) is 1. The van der Waals surface area contributed by atoms with Crippen molar-refractivity contribution in [2.24, 2.45) is 0 Å². The average molecular weight is 321 g/mol. The van der Waals surface area contributed by atoms with E-state index in [1.54, 1.807) is 18.2 Å². The van der Waals surface area contributed by atoms with E-state index >= 15 is 0 Å². The van der Waals surface area contributed by atoms with Crippen molar-refractivity contribution in [3.63, 3.8) is 0 Å². The van der Waals surface area contributed by atoms with Crippen LogP contribution in [0.25, 0.3) is 22.4 Å². The maximum atomic E-state index is 11.2. The van der Waals surface area contributed by atoms with Crippen molar-refractivity contribution in [1.82, 2.24) is 9.97 Å². The van der Waals surface area contributed by atoms with E-state index in [0.29, 0.717) is 5.56 Å². The molecule has 21 heavy (non-hydrogen) atoms. The van der Waals surface area contributed by atoms with Gasteiger partial charge in [-0.25, -0.2) is 4.98 Å². The van der Waals surface area contributed by atoms with Gasteiger partial charge in [0.15, 0.2) is 0 Å². The Hall–Kier alpha value is -1.84. The summed E-state index contributed by atoms with van der Waals surface area (Å²) in [6, 6.07) is 11.4. The number of hydrogen-bond acceptors (Lipinski definition) is 2. The fraction of sp³-hybridized carbons (Fsp3) is 0.125. The molecule has 2 aromatic carbocycles. The van der Waals surface area contributed by atoms with Gasteiger partial charge in [-0.3, -0.25) is 4.79 Å². The van der Waals surface area contributed by atoms with Crippen LogP contribution in [0.3, 0.4) is 0 Å². The number of imidazole rings is 1. The zero-order chi connectivity index (χ0) is 14.3. The lowest BCUT2D eigenvalue weighted by atomic mass is 10.0. The minimum Gasteiger partial charge on any atom is -0.338 e. The molecule has 0 bridgehead atoms. The van der Waals surface area contributed by atoms with Gasteiger partial charge in [-0.2, -0.15) is 0 Å². The van der Waals surface area contributed by atoms with E-state index in [1.165, 1.54) is 0 Å². The van der Waals surface area contributed by atoms with E-state index in [4.69, 9.17) is 11.6 Å². The molecule has 0 radical (unpaired) electrons. The standard InChI is InChI=1S/C16H13ClN2O.ClH/c1-9-4-3-5-10(2)14(9)16-18-12-7-6-11(15(17)20)8-13(12)19-16;/h3-8H,1-2H3,(H,18,19);1H. The van der Waals surface area contributed by atoms with Crippen molar-refractivity contribution in [3.05, 3.63) is 53.1 Å². The molecule has 0 fully saturated rings. The van der Waals surface area contributed by atoms with Crippen LogP contribution in [0.2, 0.25) is 0 Å². The van der Waals surface area contributed by atoms with Crippen molar-refractivity contribution in [3.8, 4) is 11.4 Å². The highest BCUT2D eigenvalue weighted by atomic mass is 35.5. The highest BCUT2D eigenvalue weighted by Gasteiger charge is 2.11. The van der Waals surface area contributed by atoms with Gasteiger partial charge in [0, 0.05) is 11.1 Å². The first-order valence-corrected chi connectivity index (χ1v) is 6.70. The summed E-state index contributed by atoms with van der Waals surface area (Å²) in [5.74, 6) is 0.815. The van der Waals surface area contributed by atoms with Gasteiger partial charge >= 0.3 is 0 Å². The third kappa shape index (κ3) is 2.80. The largest absolute Gasteiger partial charge is 0.338 e. The van der Waals surface area contributed by atoms with Crippen molar-refractivity contribution >= 4 is 40.3 Å². The number of fused-ring (bicyclic) bond motifs is 1. The van der Waals surface area contributed by atoms with Gasteiger partial charge in [-0.1, -0.05) is 18.2 Å². The Morgan fingerprint density at radius 2 is 1.81 bits per heavy atom. The zero-order valence-corrected chi connectivity index (χ0v) is 13.2. The number of rotatable bonds is 2. The Kier molecular flexibility index (Phi) is 4.35. The number of carbonyl (C=O) groups excluding carboxylic acids is 1. The second-order valence-electron chi connectivity index (χ2n) is 4.86. The number of aryl methyl sites for hydroxylation is 2. The maximum Gasteiger partial charge on any atom is 0.252 e. The summed E-state index contributed by atoms with van der Waals surface area (Å²) in [6.07, 6.45) is 0. The predicted octanol–water partition coefficient (Wildman–Crippen LogP) is 4.65. The molecule has 0 aliphatic carbocycles. The number of aromatic amines is 1. The van der Waals surface area contributed by atoms with E-state index in [9.17, 15) is 4.79 Å². The molecule has 1 N–H and O–H groups in total. The number of carbonyl (C=O) groups is 1. The molecule has 5 heteroatoms. The lowest BCUT2D eigenvalue weighted by Crippen LogP contribution is -1.89. The topological polar surface area (TPSA) is 45.8 Å². The molecule has 0 unspecified atom stereocenters. The Morgan fingerprint density at radius 1 is 1.14 bits per heavy atom. The summed E-state index contributed by atoms with van der Waals surface area (Å²) >= 11 is 5.50. The molecule has 1 aromatic heterocycles. The van der Waals surface area contributed by atoms with Gasteiger partial charge < -0.3 is 4.98 Å². The molecule has 0 saturated heterocycles. The van der Waals surface area contributed by atoms with Gasteiger partial charge in [-0.05, 0) is 54.8 Å². The summed E-state index contributed by atoms with van der Waals surface area (Å²) in [5.41, 5.74) is 5.53. The van der Waals surface area contributed by atoms with Gasteiger partial charge in [-0.15, -0.1) is 12.4 Å². The summed E-state index contributed by atoms with van der Waals surface area (Å²) in [5, 5.41) is -0.463. The molecule has 1 heterocycles. The molecule has 3 nitrogen and oxygen atoms in total. The fourth-order valence-electron chi connectivity index (χ4n) is 2.44. The first kappa shape index (κ1) is 15.5. The summed E-state index contributed by atoms with van der Waals surface area (Å²) in [6.45, 7) is 4.12. The summed E-state index contributed by atoms with van der Waals surface area (Å²) in [7, 11) is 0. The molecule has 0 saturated carbocycles. The van der Waals surface area contributed by atoms with Crippen LogP contribution in [0.15, 0.2) is 36.4 Å². The monoisotopic (exact) mass is 320 g/mol. The van der Waals surface area contributed by atoms with Gasteiger partial charge in [0.2, 0.25) is 0 Å². The van der Waals surface area contributed by atoms with Crippen LogP contribution < -0.4 is 0 Å². The Labute approximate surface area is 133 Å². The molecule has 0 aliphatic rings. The molecule has 3 rings (SSSR count). The lowest BCUT2D eigenvalue weighted by Gasteiger charge is -2.05. The van der Waals surface area contributed by atoms with Crippen molar-refractivity contribution in [1.29, 1.82) is 0 Å². The van der Waals surface area contributed by atoms with Crippen LogP contribution in [0.1, 0.15) is 21.5 Å². The summed E-state index contributed by atoms with van der Waals surface area (Å²) in [4.78, 5) is 19.1. The molecule has 0 spiro atoms. The Bertz CT molecular complexity index is 804. The van der Waals surface area contributed by atoms with Crippen LogP contribution in [0, 0.1) is 13.8 Å². The van der Waals surface area contributed by atoms with Crippen LogP contribution in [0.5, 0.6) is 0 Å². The smallest absolute Gasteiger partial charge is 0.252 e. The quantitative estimate of drug-likeness (QED) is 0.699. The van der Waals surface area contributed by atoms with E-state index in [0.717, 1.165) is 33.5 Å². The minimum atomic E-state index is -0.463. The molecule has 3 aromatic rings. The SMILES string of the molecule is Cc1cccc(C)c1-c1nc2ccc(C(=O)Cl)cc2[nH]1.Cl. The Morgan fingerprint density at radius 3 is 2.43 bits per heavy atom. The molecular formula is C16H14Cl2N2O. The molecule has 0 amide bonds. The first-order valence-electron chi connectivity index (χ1n) is 6.32. The number of halogens is 2. The number of benzene rings is 2. The van der Waals surface area contributed by atoms with Gasteiger partial charge in [0.25, 0.3) is 5.24 Å². The van der Waals surface area contributed by atoms with E-state index in [2.05, 4.69) is 35.9 Å². The van der Waals surface area contributed by atoms with E-state index < -0.39 is 5.24 Å². The van der Waals surface area contributed by atoms with Crippen LogP contribution in [0.4, 0.5) is 0 Å². The predicted molar refractivity (Wildman–Crippen MR) is 88.4 cm³/mol. The van der Waals surface area contributed by atoms with Gasteiger partial charge in [0.05, 0.1) is 11.0 Å². The summed E-state index contributed by atoms with van der Waals surface area (Å²) < 4.78 is 0. The van der Waals surface area contributed by atoms with Crippen LogP contribution >= 0.6 is 24.0 Å². The normalized spacial score (nSPS) is 10.4. The average Bonchev–Trinajstić information content (AvgIpc) is 2.80. The second-order valence-corrected chi connectivity index (χ2v) is 5.20. The highest BCUT2D eigenvalue weighted by molar-refractivity contribution is 6.67. The number of hydrogen-bond donors (Lipinski definition) is 1. The van der Waals surface area contributed by atoms with Crippen LogP contribution in [-0.4, -0.2) is 15.2 Å². The molecule has 0 atom stereocenters. The van der Waals surface area contributed by atoms with E-state index in [1.807, 2.05) is 6.07 Å².